The maximum atomic E-state index is 11.6. The number of halogens is 1. The van der Waals surface area contributed by atoms with E-state index in [1.165, 1.54) is 5.56 Å². The number of carboxylic acids is 1. The van der Waals surface area contributed by atoms with E-state index in [4.69, 9.17) is 16.7 Å². The monoisotopic (exact) mass is 325 g/mol. The van der Waals surface area contributed by atoms with Crippen molar-refractivity contribution in [3.05, 3.63) is 34.9 Å². The number of aliphatic carboxylic acids is 1. The minimum atomic E-state index is -1.03. The van der Waals surface area contributed by atoms with Crippen molar-refractivity contribution in [2.45, 2.75) is 6.54 Å². The van der Waals surface area contributed by atoms with Crippen molar-refractivity contribution in [3.8, 4) is 0 Å². The number of carboxylic acid groups (broad SMARTS) is 1. The number of benzene rings is 1. The van der Waals surface area contributed by atoms with Gasteiger partial charge in [0.05, 0.1) is 6.54 Å². The third kappa shape index (κ3) is 5.63. The summed E-state index contributed by atoms with van der Waals surface area (Å²) in [4.78, 5) is 26.3. The lowest BCUT2D eigenvalue weighted by Crippen LogP contribution is -2.49. The molecule has 1 aromatic carbocycles. The molecular formula is C15H20ClN3O3. The van der Waals surface area contributed by atoms with E-state index in [1.807, 2.05) is 23.1 Å². The van der Waals surface area contributed by atoms with Crippen LogP contribution in [0.4, 0.5) is 0 Å². The highest BCUT2D eigenvalue weighted by molar-refractivity contribution is 6.30. The molecule has 0 spiro atoms. The van der Waals surface area contributed by atoms with Crippen LogP contribution < -0.4 is 5.32 Å². The second kappa shape index (κ2) is 8.12. The molecule has 1 heterocycles. The van der Waals surface area contributed by atoms with Crippen molar-refractivity contribution in [1.29, 1.82) is 0 Å². The Morgan fingerprint density at radius 3 is 2.50 bits per heavy atom. The summed E-state index contributed by atoms with van der Waals surface area (Å²) in [5, 5.41) is 11.6. The zero-order chi connectivity index (χ0) is 15.9. The lowest BCUT2D eigenvalue weighted by molar-refractivity contribution is -0.138. The molecule has 1 fully saturated rings. The fraction of sp³-hybridized carbons (Fsp3) is 0.467. The highest BCUT2D eigenvalue weighted by atomic mass is 35.5. The predicted octanol–water partition coefficient (Wildman–Crippen LogP) is 0.658. The highest BCUT2D eigenvalue weighted by Crippen LogP contribution is 2.13. The SMILES string of the molecule is O=C(O)CNC(=O)CN1CCN(Cc2cccc(Cl)c2)CC1. The molecule has 7 heteroatoms. The minimum Gasteiger partial charge on any atom is -0.480 e. The Kier molecular flexibility index (Phi) is 6.18. The summed E-state index contributed by atoms with van der Waals surface area (Å²) in [5.74, 6) is -1.27. The van der Waals surface area contributed by atoms with Gasteiger partial charge in [-0.3, -0.25) is 19.4 Å². The van der Waals surface area contributed by atoms with Gasteiger partial charge < -0.3 is 10.4 Å². The van der Waals surface area contributed by atoms with Gasteiger partial charge in [-0.05, 0) is 17.7 Å². The van der Waals surface area contributed by atoms with Gasteiger partial charge in [0.2, 0.25) is 5.91 Å². The summed E-state index contributed by atoms with van der Waals surface area (Å²) in [6, 6.07) is 7.82. The standard InChI is InChI=1S/C15H20ClN3O3/c16-13-3-1-2-12(8-13)10-18-4-6-19(7-5-18)11-14(20)17-9-15(21)22/h1-3,8H,4-7,9-11H2,(H,17,20)(H,21,22). The zero-order valence-electron chi connectivity index (χ0n) is 12.3. The number of carbonyl (C=O) groups excluding carboxylic acids is 1. The molecule has 22 heavy (non-hydrogen) atoms. The topological polar surface area (TPSA) is 72.9 Å². The van der Waals surface area contributed by atoms with Crippen LogP contribution in [0.3, 0.4) is 0 Å². The van der Waals surface area contributed by atoms with Crippen LogP contribution in [0.2, 0.25) is 5.02 Å². The molecule has 0 radical (unpaired) electrons. The lowest BCUT2D eigenvalue weighted by atomic mass is 10.2. The first-order valence-corrected chi connectivity index (χ1v) is 7.58. The fourth-order valence-electron chi connectivity index (χ4n) is 2.43. The molecule has 1 aliphatic heterocycles. The Hall–Kier alpha value is -1.63. The Morgan fingerprint density at radius 2 is 1.86 bits per heavy atom. The van der Waals surface area contributed by atoms with Crippen molar-refractivity contribution in [2.75, 3.05) is 39.3 Å². The molecule has 120 valence electrons. The minimum absolute atomic E-state index is 0.245. The second-order valence-electron chi connectivity index (χ2n) is 5.35. The van der Waals surface area contributed by atoms with Gasteiger partial charge in [0.1, 0.15) is 6.54 Å². The van der Waals surface area contributed by atoms with E-state index in [0.29, 0.717) is 0 Å². The summed E-state index contributed by atoms with van der Waals surface area (Å²) in [5.41, 5.74) is 1.18. The van der Waals surface area contributed by atoms with Crippen molar-refractivity contribution in [1.82, 2.24) is 15.1 Å². The molecule has 6 nitrogen and oxygen atoms in total. The van der Waals surface area contributed by atoms with Gasteiger partial charge >= 0.3 is 5.97 Å². The first kappa shape index (κ1) is 16.7. The number of nitrogens with zero attached hydrogens (tertiary/aromatic N) is 2. The largest absolute Gasteiger partial charge is 0.480 e. The van der Waals surface area contributed by atoms with E-state index in [9.17, 15) is 9.59 Å². The Bertz CT molecular complexity index is 531. The van der Waals surface area contributed by atoms with Crippen LogP contribution in [0.15, 0.2) is 24.3 Å². The van der Waals surface area contributed by atoms with Gasteiger partial charge in [0, 0.05) is 37.7 Å². The molecule has 0 aromatic heterocycles. The van der Waals surface area contributed by atoms with Crippen molar-refractivity contribution in [2.24, 2.45) is 0 Å². The van der Waals surface area contributed by atoms with Crippen LogP contribution in [0.1, 0.15) is 5.56 Å². The van der Waals surface area contributed by atoms with Crippen molar-refractivity contribution < 1.29 is 14.7 Å². The maximum Gasteiger partial charge on any atom is 0.322 e. The van der Waals surface area contributed by atoms with E-state index in [1.54, 1.807) is 0 Å². The van der Waals surface area contributed by atoms with Crippen LogP contribution in [0.5, 0.6) is 0 Å². The molecular weight excluding hydrogens is 306 g/mol. The van der Waals surface area contributed by atoms with Crippen LogP contribution in [0, 0.1) is 0 Å². The average molecular weight is 326 g/mol. The van der Waals surface area contributed by atoms with Crippen LogP contribution >= 0.6 is 11.6 Å². The van der Waals surface area contributed by atoms with Crippen LogP contribution in [-0.2, 0) is 16.1 Å². The summed E-state index contributed by atoms with van der Waals surface area (Å²) in [6.45, 7) is 4.10. The number of nitrogens with one attached hydrogen (secondary N) is 1. The summed E-state index contributed by atoms with van der Waals surface area (Å²) in [6.07, 6.45) is 0. The number of amides is 1. The molecule has 0 atom stereocenters. The molecule has 1 saturated heterocycles. The van der Waals surface area contributed by atoms with Crippen molar-refractivity contribution in [3.63, 3.8) is 0 Å². The van der Waals surface area contributed by atoms with E-state index in [-0.39, 0.29) is 19.0 Å². The van der Waals surface area contributed by atoms with Gasteiger partial charge in [-0.25, -0.2) is 0 Å². The molecule has 0 saturated carbocycles. The Morgan fingerprint density at radius 1 is 1.18 bits per heavy atom. The molecule has 1 aromatic rings. The maximum absolute atomic E-state index is 11.6. The number of carbonyl (C=O) groups is 2. The molecule has 0 unspecified atom stereocenters. The zero-order valence-corrected chi connectivity index (χ0v) is 13.1. The summed E-state index contributed by atoms with van der Waals surface area (Å²) >= 11 is 5.98. The summed E-state index contributed by atoms with van der Waals surface area (Å²) < 4.78 is 0. The molecule has 1 amide bonds. The van der Waals surface area contributed by atoms with Crippen LogP contribution in [-0.4, -0.2) is 66.1 Å². The van der Waals surface area contributed by atoms with E-state index >= 15 is 0 Å². The number of rotatable bonds is 6. The van der Waals surface area contributed by atoms with E-state index in [2.05, 4.69) is 16.3 Å². The second-order valence-corrected chi connectivity index (χ2v) is 5.79. The Labute approximate surface area is 134 Å². The first-order valence-electron chi connectivity index (χ1n) is 7.20. The van der Waals surface area contributed by atoms with E-state index in [0.717, 1.165) is 37.7 Å². The smallest absolute Gasteiger partial charge is 0.322 e. The molecule has 2 N–H and O–H groups in total. The molecule has 0 bridgehead atoms. The van der Waals surface area contributed by atoms with Gasteiger partial charge in [0.25, 0.3) is 0 Å². The van der Waals surface area contributed by atoms with Gasteiger partial charge in [-0.2, -0.15) is 0 Å². The van der Waals surface area contributed by atoms with E-state index < -0.39 is 5.97 Å². The number of piperazine rings is 1. The third-order valence-electron chi connectivity index (χ3n) is 3.56. The predicted molar refractivity (Wildman–Crippen MR) is 83.8 cm³/mol. The number of hydrogen-bond acceptors (Lipinski definition) is 4. The normalized spacial score (nSPS) is 16.4. The average Bonchev–Trinajstić information content (AvgIpc) is 2.47. The quantitative estimate of drug-likeness (QED) is 0.804. The summed E-state index contributed by atoms with van der Waals surface area (Å²) in [7, 11) is 0. The van der Waals surface area contributed by atoms with Gasteiger partial charge in [0.15, 0.2) is 0 Å². The highest BCUT2D eigenvalue weighted by Gasteiger charge is 2.19. The molecule has 0 aliphatic carbocycles. The Balaban J connectivity index is 1.71. The first-order chi connectivity index (χ1) is 10.5. The van der Waals surface area contributed by atoms with Crippen molar-refractivity contribution >= 4 is 23.5 Å². The van der Waals surface area contributed by atoms with Gasteiger partial charge in [-0.15, -0.1) is 0 Å². The molecule has 1 aliphatic rings. The van der Waals surface area contributed by atoms with Gasteiger partial charge in [-0.1, -0.05) is 23.7 Å². The molecule has 2 rings (SSSR count). The third-order valence-corrected chi connectivity index (χ3v) is 3.80. The fourth-order valence-corrected chi connectivity index (χ4v) is 2.65. The van der Waals surface area contributed by atoms with Crippen LogP contribution in [0.25, 0.3) is 0 Å². The number of hydrogen-bond donors (Lipinski definition) is 2. The lowest BCUT2D eigenvalue weighted by Gasteiger charge is -2.34.